The maximum Gasteiger partial charge on any atom is 0.240 e. The molecule has 1 aliphatic rings. The quantitative estimate of drug-likeness (QED) is 0.708. The maximum absolute atomic E-state index is 12.8. The topological polar surface area (TPSA) is 70.1 Å². The lowest BCUT2D eigenvalue weighted by Gasteiger charge is -2.20. The summed E-state index contributed by atoms with van der Waals surface area (Å²) in [6, 6.07) is 22.9. The molecule has 1 amide bonds. The van der Waals surface area contributed by atoms with Crippen LogP contribution in [0.3, 0.4) is 0 Å². The zero-order valence-electron chi connectivity index (χ0n) is 15.8. The molecule has 0 spiro atoms. The van der Waals surface area contributed by atoms with Crippen LogP contribution in [0.25, 0.3) is 11.1 Å². The van der Waals surface area contributed by atoms with Gasteiger partial charge in [-0.2, -0.15) is 5.26 Å². The highest BCUT2D eigenvalue weighted by atomic mass is 35.5. The Hall–Kier alpha value is -3.13. The zero-order chi connectivity index (χ0) is 20.4. The van der Waals surface area contributed by atoms with Gasteiger partial charge in [0.2, 0.25) is 5.91 Å². The van der Waals surface area contributed by atoms with Crippen LogP contribution in [0, 0.1) is 11.3 Å². The first-order chi connectivity index (χ1) is 14.0. The molecule has 144 valence electrons. The number of nitrogens with two attached hydrogens (primary N) is 1. The van der Waals surface area contributed by atoms with Crippen molar-refractivity contribution in [1.82, 2.24) is 4.90 Å². The molecule has 0 fully saturated rings. The number of halogens is 1. The third kappa shape index (κ3) is 4.02. The van der Waals surface area contributed by atoms with E-state index in [9.17, 15) is 4.79 Å². The molecule has 0 aromatic heterocycles. The summed E-state index contributed by atoms with van der Waals surface area (Å²) in [4.78, 5) is 14.6. The largest absolute Gasteiger partial charge is 0.333 e. The second-order valence-corrected chi connectivity index (χ2v) is 7.68. The fourth-order valence-corrected chi connectivity index (χ4v) is 3.91. The summed E-state index contributed by atoms with van der Waals surface area (Å²) >= 11 is 6.13. The van der Waals surface area contributed by atoms with E-state index in [0.717, 1.165) is 16.7 Å². The lowest BCUT2D eigenvalue weighted by Crippen LogP contribution is -2.42. The van der Waals surface area contributed by atoms with E-state index >= 15 is 0 Å². The summed E-state index contributed by atoms with van der Waals surface area (Å²) in [5.74, 6) is -0.0239. The standard InChI is InChI=1S/C24H20ClN3O/c25-22-12-18(9-10-19(22)13-26)17-7-5-16(6-8-17)11-23(27)24(29)28-14-20-3-1-2-4-21(20)15-28/h1-10,12,23H,11,14-15,27H2. The van der Waals surface area contributed by atoms with Gasteiger partial charge in [0.1, 0.15) is 6.07 Å². The van der Waals surface area contributed by atoms with Crippen molar-refractivity contribution in [3.8, 4) is 17.2 Å². The zero-order valence-corrected chi connectivity index (χ0v) is 16.6. The number of nitriles is 1. The van der Waals surface area contributed by atoms with Gasteiger partial charge in [-0.25, -0.2) is 0 Å². The molecule has 0 aliphatic carbocycles. The van der Waals surface area contributed by atoms with Crippen molar-refractivity contribution in [2.45, 2.75) is 25.6 Å². The van der Waals surface area contributed by atoms with Crippen molar-refractivity contribution in [2.75, 3.05) is 0 Å². The second kappa shape index (κ2) is 8.08. The molecule has 4 rings (SSSR count). The first-order valence-electron chi connectivity index (χ1n) is 9.45. The van der Waals surface area contributed by atoms with Gasteiger partial charge >= 0.3 is 0 Å². The predicted molar refractivity (Wildman–Crippen MR) is 114 cm³/mol. The minimum Gasteiger partial charge on any atom is -0.333 e. The van der Waals surface area contributed by atoms with Gasteiger partial charge in [0.15, 0.2) is 0 Å². The molecule has 1 atom stereocenters. The molecule has 2 N–H and O–H groups in total. The summed E-state index contributed by atoms with van der Waals surface area (Å²) in [5, 5.41) is 9.44. The van der Waals surface area contributed by atoms with Gasteiger partial charge < -0.3 is 10.6 Å². The number of amides is 1. The minimum atomic E-state index is -0.570. The highest BCUT2D eigenvalue weighted by Crippen LogP contribution is 2.26. The van der Waals surface area contributed by atoms with Crippen LogP contribution in [0.5, 0.6) is 0 Å². The van der Waals surface area contributed by atoms with Crippen molar-refractivity contribution >= 4 is 17.5 Å². The van der Waals surface area contributed by atoms with Crippen molar-refractivity contribution < 1.29 is 4.79 Å². The molecule has 0 radical (unpaired) electrons. The molecule has 1 unspecified atom stereocenters. The molecule has 5 heteroatoms. The summed E-state index contributed by atoms with van der Waals surface area (Å²) in [6.45, 7) is 1.25. The molecule has 1 heterocycles. The molecular formula is C24H20ClN3O. The van der Waals surface area contributed by atoms with Crippen LogP contribution < -0.4 is 5.73 Å². The van der Waals surface area contributed by atoms with E-state index < -0.39 is 6.04 Å². The third-order valence-electron chi connectivity index (χ3n) is 5.30. The Balaban J connectivity index is 1.42. The molecular weight excluding hydrogens is 382 g/mol. The van der Waals surface area contributed by atoms with Crippen LogP contribution in [0.2, 0.25) is 5.02 Å². The Morgan fingerprint density at radius 2 is 1.66 bits per heavy atom. The van der Waals surface area contributed by atoms with Gasteiger partial charge in [0.05, 0.1) is 16.6 Å². The van der Waals surface area contributed by atoms with E-state index in [-0.39, 0.29) is 5.91 Å². The number of rotatable bonds is 4. The molecule has 0 saturated heterocycles. The Bertz CT molecular complexity index is 1080. The summed E-state index contributed by atoms with van der Waals surface area (Å²) in [7, 11) is 0. The van der Waals surface area contributed by atoms with Crippen LogP contribution in [0.15, 0.2) is 66.7 Å². The third-order valence-corrected chi connectivity index (χ3v) is 5.61. The van der Waals surface area contributed by atoms with Crippen LogP contribution in [0.1, 0.15) is 22.3 Å². The lowest BCUT2D eigenvalue weighted by molar-refractivity contribution is -0.133. The van der Waals surface area contributed by atoms with Crippen LogP contribution in [-0.2, 0) is 24.3 Å². The number of hydrogen-bond donors (Lipinski definition) is 1. The van der Waals surface area contributed by atoms with Gasteiger partial charge in [0, 0.05) is 13.1 Å². The number of carbonyl (C=O) groups is 1. The summed E-state index contributed by atoms with van der Waals surface area (Å²) < 4.78 is 0. The smallest absolute Gasteiger partial charge is 0.240 e. The first-order valence-corrected chi connectivity index (χ1v) is 9.83. The fraction of sp³-hybridized carbons (Fsp3) is 0.167. The highest BCUT2D eigenvalue weighted by Gasteiger charge is 2.26. The molecule has 3 aromatic rings. The van der Waals surface area contributed by atoms with E-state index in [1.54, 1.807) is 12.1 Å². The van der Waals surface area contributed by atoms with Gasteiger partial charge in [0.25, 0.3) is 0 Å². The van der Waals surface area contributed by atoms with Gasteiger partial charge in [-0.1, -0.05) is 66.2 Å². The monoisotopic (exact) mass is 401 g/mol. The van der Waals surface area contributed by atoms with Crippen LogP contribution >= 0.6 is 11.6 Å². The van der Waals surface area contributed by atoms with Crippen molar-refractivity contribution in [3.05, 3.63) is 94.0 Å². The van der Waals surface area contributed by atoms with E-state index in [1.807, 2.05) is 47.4 Å². The van der Waals surface area contributed by atoms with Gasteiger partial charge in [-0.3, -0.25) is 4.79 Å². The van der Waals surface area contributed by atoms with Crippen LogP contribution in [-0.4, -0.2) is 16.8 Å². The summed E-state index contributed by atoms with van der Waals surface area (Å²) in [5.41, 5.74) is 12.0. The predicted octanol–water partition coefficient (Wildman–Crippen LogP) is 4.29. The first kappa shape index (κ1) is 19.2. The number of hydrogen-bond acceptors (Lipinski definition) is 3. The molecule has 3 aromatic carbocycles. The fourth-order valence-electron chi connectivity index (χ4n) is 3.68. The van der Waals surface area contributed by atoms with E-state index in [2.05, 4.69) is 18.2 Å². The molecule has 4 nitrogen and oxygen atoms in total. The van der Waals surface area contributed by atoms with Gasteiger partial charge in [-0.15, -0.1) is 0 Å². The number of benzene rings is 3. The average Bonchev–Trinajstić information content (AvgIpc) is 3.18. The lowest BCUT2D eigenvalue weighted by atomic mass is 10.00. The number of nitrogens with zero attached hydrogens (tertiary/aromatic N) is 2. The Labute approximate surface area is 175 Å². The Morgan fingerprint density at radius 3 is 2.24 bits per heavy atom. The number of carbonyl (C=O) groups excluding carboxylic acids is 1. The minimum absolute atomic E-state index is 0.0239. The number of fused-ring (bicyclic) bond motifs is 1. The summed E-state index contributed by atoms with van der Waals surface area (Å²) in [6.07, 6.45) is 0.486. The van der Waals surface area contributed by atoms with Gasteiger partial charge in [-0.05, 0) is 46.4 Å². The van der Waals surface area contributed by atoms with Crippen molar-refractivity contribution in [2.24, 2.45) is 5.73 Å². The molecule has 29 heavy (non-hydrogen) atoms. The SMILES string of the molecule is N#Cc1ccc(-c2ccc(CC(N)C(=O)N3Cc4ccccc4C3)cc2)cc1Cl. The average molecular weight is 402 g/mol. The van der Waals surface area contributed by atoms with Crippen molar-refractivity contribution in [3.63, 3.8) is 0 Å². The van der Waals surface area contributed by atoms with E-state index in [1.165, 1.54) is 11.1 Å². The molecule has 0 bridgehead atoms. The highest BCUT2D eigenvalue weighted by molar-refractivity contribution is 6.32. The Kier molecular flexibility index (Phi) is 5.35. The Morgan fingerprint density at radius 1 is 1.03 bits per heavy atom. The van der Waals surface area contributed by atoms with Crippen molar-refractivity contribution in [1.29, 1.82) is 5.26 Å². The maximum atomic E-state index is 12.8. The van der Waals surface area contributed by atoms with E-state index in [4.69, 9.17) is 22.6 Å². The second-order valence-electron chi connectivity index (χ2n) is 7.28. The molecule has 0 saturated carbocycles. The normalized spacial score (nSPS) is 13.6. The van der Waals surface area contributed by atoms with E-state index in [0.29, 0.717) is 30.1 Å². The van der Waals surface area contributed by atoms with Crippen LogP contribution in [0.4, 0.5) is 0 Å². The molecule has 1 aliphatic heterocycles.